The van der Waals surface area contributed by atoms with E-state index in [1.54, 1.807) is 0 Å². The highest BCUT2D eigenvalue weighted by atomic mass is 32.2. The van der Waals surface area contributed by atoms with Crippen LogP contribution in [0.5, 0.6) is 0 Å². The molecule has 82 valence electrons. The number of carbonyl (C=O) groups excluding carboxylic acids is 1. The average molecular weight is 235 g/mol. The van der Waals surface area contributed by atoms with Crippen LogP contribution in [0.4, 0.5) is 4.79 Å². The largest absolute Gasteiger partial charge is 0.444 e. The molecule has 0 saturated carbocycles. The zero-order valence-corrected chi connectivity index (χ0v) is 10.5. The summed E-state index contributed by atoms with van der Waals surface area (Å²) in [5.41, 5.74) is -0.403. The van der Waals surface area contributed by atoms with E-state index >= 15 is 0 Å². The molecule has 5 heteroatoms. The Hall–Kier alpha value is -0.0300. The number of carbonyl (C=O) groups is 1. The molecule has 3 nitrogen and oxygen atoms in total. The molecule has 0 bridgehead atoms. The van der Waals surface area contributed by atoms with Gasteiger partial charge in [-0.15, -0.1) is 23.5 Å². The Kier molecular flexibility index (Phi) is 4.44. The van der Waals surface area contributed by atoms with E-state index in [1.165, 1.54) is 11.5 Å². The molecule has 0 unspecified atom stereocenters. The third-order valence-electron chi connectivity index (χ3n) is 1.50. The van der Waals surface area contributed by atoms with Crippen LogP contribution in [-0.2, 0) is 4.74 Å². The molecule has 14 heavy (non-hydrogen) atoms. The molecule has 1 amide bonds. The summed E-state index contributed by atoms with van der Waals surface area (Å²) in [6.07, 6.45) is -0.314. The first-order valence-electron chi connectivity index (χ1n) is 4.67. The number of hydrogen-bond donors (Lipinski definition) is 1. The number of alkyl carbamates (subject to hydrolysis) is 1. The van der Waals surface area contributed by atoms with Crippen LogP contribution in [0.1, 0.15) is 20.8 Å². The van der Waals surface area contributed by atoms with Crippen LogP contribution in [0.25, 0.3) is 0 Å². The molecule has 1 heterocycles. The van der Waals surface area contributed by atoms with E-state index in [0.717, 1.165) is 0 Å². The van der Waals surface area contributed by atoms with Crippen LogP contribution in [-0.4, -0.2) is 34.3 Å². The molecule has 1 rings (SSSR count). The number of rotatable bonds is 2. The maximum absolute atomic E-state index is 11.3. The quantitative estimate of drug-likeness (QED) is 0.797. The summed E-state index contributed by atoms with van der Waals surface area (Å²) in [6.45, 7) is 6.30. The van der Waals surface area contributed by atoms with Gasteiger partial charge < -0.3 is 10.1 Å². The summed E-state index contributed by atoms with van der Waals surface area (Å²) in [4.78, 5) is 11.3. The highest BCUT2D eigenvalue weighted by molar-refractivity contribution is 8.20. The number of nitrogens with one attached hydrogen (secondary N) is 1. The van der Waals surface area contributed by atoms with Gasteiger partial charge in [-0.1, -0.05) is 0 Å². The van der Waals surface area contributed by atoms with Gasteiger partial charge in [0.05, 0.1) is 4.58 Å². The highest BCUT2D eigenvalue weighted by Crippen LogP contribution is 2.30. The van der Waals surface area contributed by atoms with E-state index < -0.39 is 5.60 Å². The van der Waals surface area contributed by atoms with Crippen molar-refractivity contribution >= 4 is 29.6 Å². The second-order valence-corrected chi connectivity index (χ2v) is 6.97. The van der Waals surface area contributed by atoms with Crippen molar-refractivity contribution in [2.45, 2.75) is 31.0 Å². The van der Waals surface area contributed by atoms with Crippen LogP contribution in [0.15, 0.2) is 0 Å². The summed E-state index contributed by atoms with van der Waals surface area (Å²) < 4.78 is 5.63. The Morgan fingerprint density at radius 2 is 2.00 bits per heavy atom. The molecule has 1 N–H and O–H groups in total. The van der Waals surface area contributed by atoms with Crippen LogP contribution >= 0.6 is 23.5 Å². The lowest BCUT2D eigenvalue weighted by Crippen LogP contribution is -2.35. The molecule has 0 aliphatic carbocycles. The normalized spacial score (nSPS) is 18.2. The monoisotopic (exact) mass is 235 g/mol. The maximum atomic E-state index is 11.3. The lowest BCUT2D eigenvalue weighted by Gasteiger charge is -2.20. The molecule has 0 aromatic carbocycles. The van der Waals surface area contributed by atoms with Gasteiger partial charge in [-0.25, -0.2) is 4.79 Å². The molecule has 0 radical (unpaired) electrons. The number of hydrogen-bond acceptors (Lipinski definition) is 4. The predicted octanol–water partition coefficient (Wildman–Crippen LogP) is 2.32. The molecule has 0 spiro atoms. The lowest BCUT2D eigenvalue weighted by molar-refractivity contribution is 0.0530. The smallest absolute Gasteiger partial charge is 0.407 e. The van der Waals surface area contributed by atoms with Gasteiger partial charge in [0.1, 0.15) is 5.60 Å². The fourth-order valence-corrected chi connectivity index (χ4v) is 3.67. The zero-order valence-electron chi connectivity index (χ0n) is 8.83. The van der Waals surface area contributed by atoms with Crippen LogP contribution in [0.3, 0.4) is 0 Å². The average Bonchev–Trinajstić information content (AvgIpc) is 2.49. The standard InChI is InChI=1S/C9H17NO2S2/c1-9(2,3)12-8(11)10-6-7-13-4-5-14-7/h7H,4-6H2,1-3H3,(H,10,11). The Balaban J connectivity index is 2.14. The van der Waals surface area contributed by atoms with E-state index in [-0.39, 0.29) is 6.09 Å². The van der Waals surface area contributed by atoms with Crippen LogP contribution in [0.2, 0.25) is 0 Å². The zero-order chi connectivity index (χ0) is 10.6. The minimum atomic E-state index is -0.403. The van der Waals surface area contributed by atoms with Gasteiger partial charge in [0.2, 0.25) is 0 Å². The van der Waals surface area contributed by atoms with Gasteiger partial charge in [0.25, 0.3) is 0 Å². The van der Waals surface area contributed by atoms with Crippen molar-refractivity contribution in [1.82, 2.24) is 5.32 Å². The van der Waals surface area contributed by atoms with E-state index in [1.807, 2.05) is 44.3 Å². The summed E-state index contributed by atoms with van der Waals surface area (Å²) in [5.74, 6) is 2.37. The van der Waals surface area contributed by atoms with Gasteiger partial charge in [-0.2, -0.15) is 0 Å². The first-order valence-corrected chi connectivity index (χ1v) is 6.77. The maximum Gasteiger partial charge on any atom is 0.407 e. The SMILES string of the molecule is CC(C)(C)OC(=O)NCC1SCCS1. The Morgan fingerprint density at radius 3 is 2.50 bits per heavy atom. The summed E-state index contributed by atoms with van der Waals surface area (Å²) in [7, 11) is 0. The van der Waals surface area contributed by atoms with Gasteiger partial charge >= 0.3 is 6.09 Å². The number of amides is 1. The predicted molar refractivity (Wildman–Crippen MR) is 62.9 cm³/mol. The molecule has 1 aliphatic heterocycles. The van der Waals surface area contributed by atoms with Gasteiger partial charge in [-0.05, 0) is 20.8 Å². The third-order valence-corrected chi connectivity index (χ3v) is 4.53. The van der Waals surface area contributed by atoms with Gasteiger partial charge in [-0.3, -0.25) is 0 Å². The van der Waals surface area contributed by atoms with Crippen molar-refractivity contribution in [3.8, 4) is 0 Å². The van der Waals surface area contributed by atoms with Crippen LogP contribution in [0, 0.1) is 0 Å². The van der Waals surface area contributed by atoms with Crippen LogP contribution < -0.4 is 5.32 Å². The second kappa shape index (κ2) is 5.16. The molecular weight excluding hydrogens is 218 g/mol. The first kappa shape index (κ1) is 12.0. The summed E-state index contributed by atoms with van der Waals surface area (Å²) >= 11 is 3.79. The Morgan fingerprint density at radius 1 is 1.43 bits per heavy atom. The summed E-state index contributed by atoms with van der Waals surface area (Å²) in [5, 5.41) is 2.78. The van der Waals surface area contributed by atoms with Gasteiger partial charge in [0.15, 0.2) is 0 Å². The molecule has 0 atom stereocenters. The molecule has 1 fully saturated rings. The number of ether oxygens (including phenoxy) is 1. The Labute approximate surface area is 93.7 Å². The first-order chi connectivity index (χ1) is 6.47. The van der Waals surface area contributed by atoms with E-state index in [9.17, 15) is 4.79 Å². The molecule has 1 saturated heterocycles. The molecule has 0 aromatic heterocycles. The van der Waals surface area contributed by atoms with Crippen molar-refractivity contribution in [1.29, 1.82) is 0 Å². The molecule has 1 aliphatic rings. The fraction of sp³-hybridized carbons (Fsp3) is 0.889. The van der Waals surface area contributed by atoms with Crippen molar-refractivity contribution in [3.63, 3.8) is 0 Å². The number of thioether (sulfide) groups is 2. The minimum absolute atomic E-state index is 0.314. The molecule has 0 aromatic rings. The van der Waals surface area contributed by atoms with E-state index in [2.05, 4.69) is 5.32 Å². The second-order valence-electron chi connectivity index (χ2n) is 4.05. The fourth-order valence-electron chi connectivity index (χ4n) is 1.01. The third kappa shape index (κ3) is 5.00. The highest BCUT2D eigenvalue weighted by Gasteiger charge is 2.19. The van der Waals surface area contributed by atoms with E-state index in [0.29, 0.717) is 11.1 Å². The molecular formula is C9H17NO2S2. The minimum Gasteiger partial charge on any atom is -0.444 e. The van der Waals surface area contributed by atoms with Crippen molar-refractivity contribution in [2.24, 2.45) is 0 Å². The van der Waals surface area contributed by atoms with Crippen molar-refractivity contribution in [3.05, 3.63) is 0 Å². The van der Waals surface area contributed by atoms with Crippen molar-refractivity contribution in [2.75, 3.05) is 18.1 Å². The Bertz CT molecular complexity index is 197. The van der Waals surface area contributed by atoms with Crippen molar-refractivity contribution < 1.29 is 9.53 Å². The topological polar surface area (TPSA) is 38.3 Å². The summed E-state index contributed by atoms with van der Waals surface area (Å²) in [6, 6.07) is 0. The lowest BCUT2D eigenvalue weighted by atomic mass is 10.2. The van der Waals surface area contributed by atoms with E-state index in [4.69, 9.17) is 4.74 Å². The van der Waals surface area contributed by atoms with Gasteiger partial charge in [0, 0.05) is 18.1 Å².